The van der Waals surface area contributed by atoms with E-state index in [9.17, 15) is 4.39 Å². The van der Waals surface area contributed by atoms with E-state index in [1.807, 2.05) is 36.7 Å². The van der Waals surface area contributed by atoms with Gasteiger partial charge in [-0.15, -0.1) is 0 Å². The number of rotatable bonds is 9. The Morgan fingerprint density at radius 1 is 1.29 bits per heavy atom. The van der Waals surface area contributed by atoms with Gasteiger partial charge in [0.1, 0.15) is 19.0 Å². The minimum absolute atomic E-state index is 0.334. The summed E-state index contributed by atoms with van der Waals surface area (Å²) in [5.74, 6) is 0.831. The highest BCUT2D eigenvalue weighted by atomic mass is 32.1. The minimum Gasteiger partial charge on any atom is -0.492 e. The zero-order chi connectivity index (χ0) is 14.9. The van der Waals surface area contributed by atoms with Gasteiger partial charge in [0.05, 0.1) is 0 Å². The molecular formula is C16H21FN2OS. The van der Waals surface area contributed by atoms with Crippen molar-refractivity contribution in [1.29, 1.82) is 0 Å². The molecule has 1 heterocycles. The van der Waals surface area contributed by atoms with Gasteiger partial charge in [0.15, 0.2) is 0 Å². The average molecular weight is 308 g/mol. The van der Waals surface area contributed by atoms with Gasteiger partial charge in [0.25, 0.3) is 0 Å². The summed E-state index contributed by atoms with van der Waals surface area (Å²) in [6.45, 7) is 2.14. The van der Waals surface area contributed by atoms with Gasteiger partial charge >= 0.3 is 0 Å². The van der Waals surface area contributed by atoms with Crippen LogP contribution < -0.4 is 10.1 Å². The summed E-state index contributed by atoms with van der Waals surface area (Å²) in [7, 11) is 1.88. The van der Waals surface area contributed by atoms with E-state index in [4.69, 9.17) is 4.74 Å². The second kappa shape index (κ2) is 8.64. The van der Waals surface area contributed by atoms with Gasteiger partial charge in [-0.3, -0.25) is 4.90 Å². The molecule has 1 aromatic carbocycles. The lowest BCUT2D eigenvalue weighted by molar-refractivity contribution is 0.191. The Balaban J connectivity index is 1.81. The summed E-state index contributed by atoms with van der Waals surface area (Å²) in [5, 5.41) is 7.22. The highest BCUT2D eigenvalue weighted by Crippen LogP contribution is 2.16. The molecule has 1 aromatic heterocycles. The lowest BCUT2D eigenvalue weighted by Crippen LogP contribution is -2.29. The predicted octanol–water partition coefficient (Wildman–Crippen LogP) is 3.64. The number of ether oxygens (including phenoxy) is 1. The number of hydrogen-bond acceptors (Lipinski definition) is 4. The molecule has 1 N–H and O–H groups in total. The number of benzene rings is 1. The van der Waals surface area contributed by atoms with Crippen LogP contribution in [0, 0.1) is 0 Å². The second-order valence-electron chi connectivity index (χ2n) is 4.72. The highest BCUT2D eigenvalue weighted by molar-refractivity contribution is 7.07. The molecule has 0 bridgehead atoms. The molecule has 0 aliphatic heterocycles. The number of nitrogens with one attached hydrogen (secondary N) is 1. The van der Waals surface area contributed by atoms with Crippen LogP contribution in [-0.4, -0.2) is 38.3 Å². The van der Waals surface area contributed by atoms with Crippen LogP contribution in [0.25, 0.3) is 0 Å². The van der Waals surface area contributed by atoms with Crippen LogP contribution in [0.4, 0.5) is 10.1 Å². The average Bonchev–Trinajstić information content (AvgIpc) is 3.00. The molecule has 0 amide bonds. The molecular weight excluding hydrogens is 287 g/mol. The van der Waals surface area contributed by atoms with Crippen LogP contribution in [0.3, 0.4) is 0 Å². The molecule has 0 aliphatic carbocycles. The molecule has 0 aliphatic rings. The summed E-state index contributed by atoms with van der Waals surface area (Å²) in [6, 6.07) is 9.90. The molecule has 2 rings (SSSR count). The van der Waals surface area contributed by atoms with Gasteiger partial charge in [-0.05, 0) is 34.5 Å². The summed E-state index contributed by atoms with van der Waals surface area (Å²) in [5.41, 5.74) is 2.25. The van der Waals surface area contributed by atoms with Crippen LogP contribution in [0.1, 0.15) is 5.56 Å². The van der Waals surface area contributed by atoms with E-state index >= 15 is 0 Å². The van der Waals surface area contributed by atoms with Crippen molar-refractivity contribution in [2.24, 2.45) is 0 Å². The normalized spacial score (nSPS) is 10.8. The quantitative estimate of drug-likeness (QED) is 0.765. The maximum Gasteiger partial charge on any atom is 0.121 e. The molecule has 0 fully saturated rings. The van der Waals surface area contributed by atoms with E-state index in [1.54, 1.807) is 11.3 Å². The molecule has 21 heavy (non-hydrogen) atoms. The van der Waals surface area contributed by atoms with Crippen LogP contribution in [0.2, 0.25) is 0 Å². The molecule has 0 radical (unpaired) electrons. The van der Waals surface area contributed by atoms with Crippen molar-refractivity contribution in [2.75, 3.05) is 38.7 Å². The van der Waals surface area contributed by atoms with Gasteiger partial charge in [0, 0.05) is 38.4 Å². The van der Waals surface area contributed by atoms with E-state index in [2.05, 4.69) is 21.7 Å². The molecule has 0 spiro atoms. The zero-order valence-corrected chi connectivity index (χ0v) is 13.0. The van der Waals surface area contributed by atoms with Crippen molar-refractivity contribution >= 4 is 17.0 Å². The number of halogens is 1. The smallest absolute Gasteiger partial charge is 0.121 e. The lowest BCUT2D eigenvalue weighted by atomic mass is 10.3. The zero-order valence-electron chi connectivity index (χ0n) is 12.2. The van der Waals surface area contributed by atoms with Crippen LogP contribution in [0.5, 0.6) is 5.75 Å². The Labute approximate surface area is 129 Å². The Morgan fingerprint density at radius 2 is 2.19 bits per heavy atom. The summed E-state index contributed by atoms with van der Waals surface area (Å²) in [4.78, 5) is 2.07. The number of thiophene rings is 1. The van der Waals surface area contributed by atoms with Crippen LogP contribution in [0.15, 0.2) is 41.1 Å². The topological polar surface area (TPSA) is 24.5 Å². The van der Waals surface area contributed by atoms with E-state index in [1.165, 1.54) is 5.56 Å². The molecule has 0 atom stereocenters. The maximum absolute atomic E-state index is 12.6. The van der Waals surface area contributed by atoms with Crippen LogP contribution >= 0.6 is 11.3 Å². The first kappa shape index (κ1) is 15.8. The summed E-state index contributed by atoms with van der Waals surface area (Å²) >= 11 is 1.67. The van der Waals surface area contributed by atoms with Gasteiger partial charge in [-0.1, -0.05) is 6.07 Å². The van der Waals surface area contributed by atoms with E-state index in [-0.39, 0.29) is 6.67 Å². The van der Waals surface area contributed by atoms with Gasteiger partial charge in [-0.2, -0.15) is 11.3 Å². The molecule has 0 saturated carbocycles. The molecule has 0 unspecified atom stereocenters. The number of alkyl halides is 1. The van der Waals surface area contributed by atoms with Crippen molar-refractivity contribution in [3.05, 3.63) is 46.7 Å². The predicted molar refractivity (Wildman–Crippen MR) is 87.1 cm³/mol. The third-order valence-corrected chi connectivity index (χ3v) is 3.92. The monoisotopic (exact) mass is 308 g/mol. The van der Waals surface area contributed by atoms with Gasteiger partial charge < -0.3 is 10.1 Å². The number of nitrogens with zero attached hydrogens (tertiary/aromatic N) is 1. The van der Waals surface area contributed by atoms with E-state index in [0.717, 1.165) is 18.0 Å². The first-order chi connectivity index (χ1) is 10.3. The summed E-state index contributed by atoms with van der Waals surface area (Å²) < 4.78 is 18.4. The Bertz CT molecular complexity index is 519. The standard InChI is InChI=1S/C16H21FN2OS/c1-18-15-3-2-4-16(11-15)20-9-8-19(7-6-17)12-14-5-10-21-13-14/h2-5,10-11,13,18H,6-9,12H2,1H3. The molecule has 2 aromatic rings. The number of anilines is 1. The van der Waals surface area contributed by atoms with E-state index in [0.29, 0.717) is 19.7 Å². The van der Waals surface area contributed by atoms with Crippen molar-refractivity contribution in [3.8, 4) is 5.75 Å². The fraction of sp³-hybridized carbons (Fsp3) is 0.375. The van der Waals surface area contributed by atoms with Crippen molar-refractivity contribution in [3.63, 3.8) is 0 Å². The molecule has 5 heteroatoms. The fourth-order valence-corrected chi connectivity index (χ4v) is 2.72. The van der Waals surface area contributed by atoms with E-state index < -0.39 is 0 Å². The minimum atomic E-state index is -0.334. The SMILES string of the molecule is CNc1cccc(OCCN(CCF)Cc2ccsc2)c1. The van der Waals surface area contributed by atoms with Crippen molar-refractivity contribution in [2.45, 2.75) is 6.54 Å². The molecule has 0 saturated heterocycles. The third-order valence-electron chi connectivity index (χ3n) is 3.19. The Hall–Kier alpha value is -1.59. The third kappa shape index (κ3) is 5.36. The Morgan fingerprint density at radius 3 is 2.90 bits per heavy atom. The van der Waals surface area contributed by atoms with Crippen LogP contribution in [-0.2, 0) is 6.54 Å². The Kier molecular flexibility index (Phi) is 6.50. The van der Waals surface area contributed by atoms with Crippen molar-refractivity contribution in [1.82, 2.24) is 4.90 Å². The first-order valence-electron chi connectivity index (χ1n) is 7.02. The number of hydrogen-bond donors (Lipinski definition) is 1. The van der Waals surface area contributed by atoms with Crippen molar-refractivity contribution < 1.29 is 9.13 Å². The first-order valence-corrected chi connectivity index (χ1v) is 7.96. The second-order valence-corrected chi connectivity index (χ2v) is 5.50. The lowest BCUT2D eigenvalue weighted by Gasteiger charge is -2.20. The largest absolute Gasteiger partial charge is 0.492 e. The highest BCUT2D eigenvalue weighted by Gasteiger charge is 2.07. The maximum atomic E-state index is 12.6. The summed E-state index contributed by atoms with van der Waals surface area (Å²) in [6.07, 6.45) is 0. The van der Waals surface area contributed by atoms with Gasteiger partial charge in [-0.25, -0.2) is 4.39 Å². The molecule has 3 nitrogen and oxygen atoms in total. The fourth-order valence-electron chi connectivity index (χ4n) is 2.06. The van der Waals surface area contributed by atoms with Gasteiger partial charge in [0.2, 0.25) is 0 Å². The molecule has 114 valence electrons.